The third-order valence-electron chi connectivity index (χ3n) is 3.80. The van der Waals surface area contributed by atoms with E-state index in [2.05, 4.69) is 19.8 Å². The molecule has 6 nitrogen and oxygen atoms in total. The minimum Gasteiger partial charge on any atom is -0.349 e. The van der Waals surface area contributed by atoms with E-state index in [0.717, 1.165) is 44.1 Å². The Labute approximate surface area is 127 Å². The largest absolute Gasteiger partial charge is 0.349 e. The molecule has 118 valence electrons. The molecule has 0 saturated carbocycles. The quantitative estimate of drug-likeness (QED) is 0.478. The lowest BCUT2D eigenvalue weighted by Gasteiger charge is -2.22. The van der Waals surface area contributed by atoms with Crippen LogP contribution in [0.25, 0.3) is 0 Å². The molecule has 2 heterocycles. The number of aryl methyl sites for hydroxylation is 2. The number of hydrogen-bond donors (Lipinski definition) is 0. The first-order chi connectivity index (χ1) is 10.1. The van der Waals surface area contributed by atoms with Crippen molar-refractivity contribution in [1.29, 1.82) is 0 Å². The summed E-state index contributed by atoms with van der Waals surface area (Å²) in [5.41, 5.74) is 0. The first-order valence-electron chi connectivity index (χ1n) is 7.89. The summed E-state index contributed by atoms with van der Waals surface area (Å²) in [6.07, 6.45) is 6.87. The topological polar surface area (TPSA) is 49.6 Å². The number of hydrogen-bond acceptors (Lipinski definition) is 3. The minimum atomic E-state index is 0.827. The van der Waals surface area contributed by atoms with Crippen LogP contribution in [0.1, 0.15) is 37.3 Å². The fourth-order valence-electron chi connectivity index (χ4n) is 2.83. The molecule has 6 heteroatoms. The van der Waals surface area contributed by atoms with Gasteiger partial charge in [-0.05, 0) is 19.3 Å². The fraction of sp³-hybridized carbons (Fsp3) is 0.800. The zero-order chi connectivity index (χ0) is 15.2. The second-order valence-electron chi connectivity index (χ2n) is 6.07. The molecule has 0 unspecified atom stereocenters. The highest BCUT2D eigenvalue weighted by Crippen LogP contribution is 2.15. The van der Waals surface area contributed by atoms with Crippen LogP contribution in [0.5, 0.6) is 0 Å². The van der Waals surface area contributed by atoms with E-state index >= 15 is 0 Å². The van der Waals surface area contributed by atoms with Gasteiger partial charge in [-0.1, -0.05) is 6.42 Å². The Hall–Kier alpha value is -1.59. The van der Waals surface area contributed by atoms with E-state index < -0.39 is 0 Å². The highest BCUT2D eigenvalue weighted by atomic mass is 15.3. The molecule has 21 heavy (non-hydrogen) atoms. The van der Waals surface area contributed by atoms with Crippen LogP contribution >= 0.6 is 0 Å². The number of guanidine groups is 1. The highest BCUT2D eigenvalue weighted by Gasteiger charge is 2.14. The second-order valence-corrected chi connectivity index (χ2v) is 6.07. The van der Waals surface area contributed by atoms with Crippen LogP contribution < -0.4 is 0 Å². The van der Waals surface area contributed by atoms with Gasteiger partial charge in [0, 0.05) is 54.1 Å². The third-order valence-corrected chi connectivity index (χ3v) is 3.80. The molecule has 0 fully saturated rings. The summed E-state index contributed by atoms with van der Waals surface area (Å²) in [4.78, 5) is 8.75. The number of aromatic nitrogens is 3. The molecule has 1 aromatic heterocycles. The molecule has 0 bridgehead atoms. The van der Waals surface area contributed by atoms with Crippen molar-refractivity contribution in [3.8, 4) is 0 Å². The van der Waals surface area contributed by atoms with Crippen molar-refractivity contribution in [3.63, 3.8) is 0 Å². The van der Waals surface area contributed by atoms with E-state index in [1.807, 2.05) is 38.0 Å². The van der Waals surface area contributed by atoms with Gasteiger partial charge in [0.15, 0.2) is 5.96 Å². The van der Waals surface area contributed by atoms with Crippen LogP contribution in [0.15, 0.2) is 4.99 Å². The maximum Gasteiger partial charge on any atom is 0.195 e. The molecule has 1 aromatic rings. The Morgan fingerprint density at radius 3 is 2.57 bits per heavy atom. The summed E-state index contributed by atoms with van der Waals surface area (Å²) >= 11 is 0. The molecular weight excluding hydrogens is 264 g/mol. The zero-order valence-electron chi connectivity index (χ0n) is 13.8. The molecule has 0 N–H and O–H groups in total. The lowest BCUT2D eigenvalue weighted by atomic mass is 10.2. The summed E-state index contributed by atoms with van der Waals surface area (Å²) in [6.45, 7) is 1.91. The lowest BCUT2D eigenvalue weighted by Crippen LogP contribution is -2.35. The van der Waals surface area contributed by atoms with E-state index in [1.165, 1.54) is 25.1 Å². The lowest BCUT2D eigenvalue weighted by molar-refractivity contribution is 0.478. The van der Waals surface area contributed by atoms with Gasteiger partial charge in [0.2, 0.25) is 0 Å². The Morgan fingerprint density at radius 1 is 1.10 bits per heavy atom. The van der Waals surface area contributed by atoms with Crippen LogP contribution in [0.4, 0.5) is 0 Å². The Kier molecular flexibility index (Phi) is 5.59. The summed E-state index contributed by atoms with van der Waals surface area (Å²) in [6, 6.07) is 0. The van der Waals surface area contributed by atoms with E-state index in [0.29, 0.717) is 0 Å². The SMILES string of the molecule is CN(C)C(=NCCCc1nnc2n1CCCCC2)N(C)C. The first-order valence-corrected chi connectivity index (χ1v) is 7.89. The van der Waals surface area contributed by atoms with Crippen LogP contribution in [0.2, 0.25) is 0 Å². The van der Waals surface area contributed by atoms with Gasteiger partial charge < -0.3 is 14.4 Å². The predicted molar refractivity (Wildman–Crippen MR) is 85.6 cm³/mol. The minimum absolute atomic E-state index is 0.827. The van der Waals surface area contributed by atoms with Gasteiger partial charge in [-0.25, -0.2) is 0 Å². The monoisotopic (exact) mass is 292 g/mol. The number of nitrogens with zero attached hydrogens (tertiary/aromatic N) is 6. The smallest absolute Gasteiger partial charge is 0.195 e. The van der Waals surface area contributed by atoms with Gasteiger partial charge in [-0.2, -0.15) is 0 Å². The Morgan fingerprint density at radius 2 is 1.86 bits per heavy atom. The third kappa shape index (κ3) is 4.19. The Bertz CT molecular complexity index is 465. The van der Waals surface area contributed by atoms with Gasteiger partial charge in [0.25, 0.3) is 0 Å². The van der Waals surface area contributed by atoms with Gasteiger partial charge in [-0.15, -0.1) is 10.2 Å². The number of fused-ring (bicyclic) bond motifs is 1. The van der Waals surface area contributed by atoms with Crippen LogP contribution in [0.3, 0.4) is 0 Å². The van der Waals surface area contributed by atoms with Crippen molar-refractivity contribution in [2.45, 2.75) is 45.1 Å². The number of rotatable bonds is 4. The molecule has 0 radical (unpaired) electrons. The summed E-state index contributed by atoms with van der Waals surface area (Å²) in [5, 5.41) is 8.72. The van der Waals surface area contributed by atoms with Crippen molar-refractivity contribution < 1.29 is 0 Å². The molecule has 0 atom stereocenters. The normalized spacial score (nSPS) is 14.3. The van der Waals surface area contributed by atoms with Crippen molar-refractivity contribution in [2.75, 3.05) is 34.7 Å². The molecule has 1 aliphatic rings. The van der Waals surface area contributed by atoms with Gasteiger partial charge in [-0.3, -0.25) is 4.99 Å². The van der Waals surface area contributed by atoms with E-state index in [-0.39, 0.29) is 0 Å². The highest BCUT2D eigenvalue weighted by molar-refractivity contribution is 5.79. The molecular formula is C15H28N6. The van der Waals surface area contributed by atoms with Gasteiger partial charge in [0.1, 0.15) is 11.6 Å². The standard InChI is InChI=1S/C15H28N6/c1-19(2)15(20(3)4)16-11-8-10-14-18-17-13-9-6-5-7-12-21(13)14/h5-12H2,1-4H3. The average Bonchev–Trinajstić information content (AvgIpc) is 2.66. The summed E-state index contributed by atoms with van der Waals surface area (Å²) < 4.78 is 2.33. The number of aliphatic imine (C=N–C) groups is 1. The second kappa shape index (κ2) is 7.43. The maximum atomic E-state index is 4.66. The summed E-state index contributed by atoms with van der Waals surface area (Å²) in [5.74, 6) is 3.32. The molecule has 1 aliphatic heterocycles. The van der Waals surface area contributed by atoms with Crippen molar-refractivity contribution in [1.82, 2.24) is 24.6 Å². The van der Waals surface area contributed by atoms with Gasteiger partial charge >= 0.3 is 0 Å². The van der Waals surface area contributed by atoms with E-state index in [9.17, 15) is 0 Å². The molecule has 0 saturated heterocycles. The van der Waals surface area contributed by atoms with Crippen molar-refractivity contribution in [3.05, 3.63) is 11.6 Å². The molecule has 0 aromatic carbocycles. The summed E-state index contributed by atoms with van der Waals surface area (Å²) in [7, 11) is 8.10. The molecule has 0 spiro atoms. The predicted octanol–water partition coefficient (Wildman–Crippen LogP) is 1.42. The molecule has 0 aliphatic carbocycles. The van der Waals surface area contributed by atoms with Crippen molar-refractivity contribution in [2.24, 2.45) is 4.99 Å². The van der Waals surface area contributed by atoms with Crippen LogP contribution in [-0.4, -0.2) is 65.3 Å². The van der Waals surface area contributed by atoms with Crippen molar-refractivity contribution >= 4 is 5.96 Å². The fourth-order valence-corrected chi connectivity index (χ4v) is 2.83. The van der Waals surface area contributed by atoms with E-state index in [1.54, 1.807) is 0 Å². The first kappa shape index (κ1) is 15.8. The average molecular weight is 292 g/mol. The molecule has 2 rings (SSSR count). The van der Waals surface area contributed by atoms with Gasteiger partial charge in [0.05, 0.1) is 0 Å². The Balaban J connectivity index is 1.89. The van der Waals surface area contributed by atoms with Crippen LogP contribution in [-0.2, 0) is 19.4 Å². The zero-order valence-corrected chi connectivity index (χ0v) is 13.8. The maximum absolute atomic E-state index is 4.66. The van der Waals surface area contributed by atoms with Crippen LogP contribution in [0, 0.1) is 0 Å². The molecule has 0 amide bonds. The van der Waals surface area contributed by atoms with E-state index in [4.69, 9.17) is 0 Å².